The molecule has 2 aromatic carbocycles. The summed E-state index contributed by atoms with van der Waals surface area (Å²) in [5, 5.41) is 31.3. The van der Waals surface area contributed by atoms with Gasteiger partial charge in [-0.1, -0.05) is 64.8 Å². The van der Waals surface area contributed by atoms with Crippen molar-refractivity contribution in [2.45, 2.75) is 123 Å². The molecule has 18 nitrogen and oxygen atoms in total. The normalized spacial score (nSPS) is 18.5. The maximum Gasteiger partial charge on any atom is 0.251 e. The maximum atomic E-state index is 14.1. The van der Waals surface area contributed by atoms with Crippen LogP contribution in [0.5, 0.6) is 5.75 Å². The largest absolute Gasteiger partial charge is 0.495 e. The van der Waals surface area contributed by atoms with Gasteiger partial charge in [-0.2, -0.15) is 4.98 Å². The molecule has 19 heteroatoms. The first-order valence-corrected chi connectivity index (χ1v) is 24.0. The number of carbonyl (C=O) groups excluding carboxylic acids is 4. The van der Waals surface area contributed by atoms with Crippen molar-refractivity contribution in [2.24, 2.45) is 5.41 Å². The molecule has 2 aliphatic heterocycles. The Balaban J connectivity index is 0.838. The predicted molar refractivity (Wildman–Crippen MR) is 254 cm³/mol. The minimum Gasteiger partial charge on any atom is -0.495 e. The van der Waals surface area contributed by atoms with Gasteiger partial charge in [0, 0.05) is 44.1 Å². The zero-order valence-electron chi connectivity index (χ0n) is 38.9. The molecule has 0 spiro atoms. The Morgan fingerprint density at radius 3 is 2.51 bits per heavy atom. The average Bonchev–Trinajstić information content (AvgIpc) is 4.17. The second kappa shape index (κ2) is 20.2. The number of aromatic nitrogens is 6. The fourth-order valence-corrected chi connectivity index (χ4v) is 10.1. The number of methoxy groups -OCH3 is 1. The lowest BCUT2D eigenvalue weighted by molar-refractivity contribution is -0.144. The Kier molecular flexibility index (Phi) is 14.2. The topological polar surface area (TPSA) is 222 Å². The van der Waals surface area contributed by atoms with Crippen LogP contribution in [0, 0.1) is 12.3 Å². The Labute approximate surface area is 394 Å². The molecule has 4 atom stereocenters. The first-order chi connectivity index (χ1) is 32.2. The molecule has 5 aromatic rings. The highest BCUT2D eigenvalue weighted by Gasteiger charge is 2.44. The molecule has 0 bridgehead atoms. The van der Waals surface area contributed by atoms with Crippen molar-refractivity contribution in [3.8, 4) is 21.9 Å². The number of β-amino-alcohol motifs (C(OH)–C–C–N with tert-alkyl or cyclic N) is 1. The van der Waals surface area contributed by atoms with Gasteiger partial charge in [0.15, 0.2) is 11.6 Å². The van der Waals surface area contributed by atoms with Gasteiger partial charge in [0.1, 0.15) is 29.8 Å². The summed E-state index contributed by atoms with van der Waals surface area (Å²) in [6, 6.07) is 11.4. The number of likely N-dealkylation sites (tertiary alicyclic amines) is 1. The second-order valence-electron chi connectivity index (χ2n) is 18.6. The number of thiazole rings is 1. The smallest absolute Gasteiger partial charge is 0.251 e. The molecule has 4 amide bonds. The van der Waals surface area contributed by atoms with E-state index in [1.165, 1.54) is 24.9 Å². The van der Waals surface area contributed by atoms with Gasteiger partial charge < -0.3 is 40.9 Å². The summed E-state index contributed by atoms with van der Waals surface area (Å²) in [6.07, 6.45) is 8.41. The third kappa shape index (κ3) is 10.3. The number of amides is 4. The van der Waals surface area contributed by atoms with Crippen molar-refractivity contribution >= 4 is 52.4 Å². The molecular formula is C48H60N12O6S. The second-order valence-corrected chi connectivity index (χ2v) is 19.4. The van der Waals surface area contributed by atoms with E-state index in [1.54, 1.807) is 42.1 Å². The molecule has 5 heterocycles. The quantitative estimate of drug-likeness (QED) is 0.0743. The fourth-order valence-electron chi connectivity index (χ4n) is 9.33. The number of aliphatic hydroxyl groups excluding tert-OH is 1. The van der Waals surface area contributed by atoms with Crippen molar-refractivity contribution in [1.82, 2.24) is 50.6 Å². The van der Waals surface area contributed by atoms with Crippen LogP contribution < -0.4 is 30.9 Å². The highest BCUT2D eigenvalue weighted by atomic mass is 32.1. The number of nitrogens with zero attached hydrogens (tertiary/aromatic N) is 8. The summed E-state index contributed by atoms with van der Waals surface area (Å²) >= 11 is 1.57. The van der Waals surface area contributed by atoms with Crippen molar-refractivity contribution in [1.29, 1.82) is 0 Å². The highest BCUT2D eigenvalue weighted by molar-refractivity contribution is 7.13. The number of hydrogen-bond donors (Lipinski definition) is 5. The van der Waals surface area contributed by atoms with Crippen LogP contribution in [0.1, 0.15) is 113 Å². The Hall–Kier alpha value is -6.47. The number of nitrogens with one attached hydrogen (secondary N) is 4. The monoisotopic (exact) mass is 932 g/mol. The van der Waals surface area contributed by atoms with Gasteiger partial charge in [0.2, 0.25) is 23.7 Å². The number of rotatable bonds is 16. The highest BCUT2D eigenvalue weighted by Crippen LogP contribution is 2.43. The number of benzene rings is 2. The van der Waals surface area contributed by atoms with Gasteiger partial charge in [-0.3, -0.25) is 23.7 Å². The average molecular weight is 933 g/mol. The molecule has 1 saturated heterocycles. The molecular weight excluding hydrogens is 873 g/mol. The number of aryl methyl sites for hydroxylation is 1. The number of carbonyl (C=O) groups is 4. The first kappa shape index (κ1) is 47.0. The lowest BCUT2D eigenvalue weighted by Crippen LogP contribution is -2.57. The summed E-state index contributed by atoms with van der Waals surface area (Å²) < 4.78 is 7.66. The number of aliphatic hydroxyl groups is 1. The summed E-state index contributed by atoms with van der Waals surface area (Å²) in [5.41, 5.74) is 5.77. The maximum absolute atomic E-state index is 14.1. The van der Waals surface area contributed by atoms with E-state index in [1.807, 2.05) is 62.0 Å². The lowest BCUT2D eigenvalue weighted by Gasteiger charge is -2.40. The molecule has 1 saturated carbocycles. The summed E-state index contributed by atoms with van der Waals surface area (Å²) in [6.45, 7) is 10.1. The van der Waals surface area contributed by atoms with Crippen LogP contribution in [0.4, 0.5) is 17.5 Å². The number of hydrogen-bond acceptors (Lipinski definition) is 14. The van der Waals surface area contributed by atoms with Gasteiger partial charge in [0.05, 0.1) is 47.2 Å². The molecule has 0 unspecified atom stereocenters. The fraction of sp³-hybridized carbons (Fsp3) is 0.479. The van der Waals surface area contributed by atoms with Gasteiger partial charge in [-0.15, -0.1) is 21.5 Å². The van der Waals surface area contributed by atoms with E-state index in [0.29, 0.717) is 35.4 Å². The number of anilines is 3. The number of ether oxygens (including phenoxy) is 1. The summed E-state index contributed by atoms with van der Waals surface area (Å²) in [4.78, 5) is 73.1. The van der Waals surface area contributed by atoms with E-state index in [9.17, 15) is 24.3 Å². The minimum absolute atomic E-state index is 0.0256. The molecule has 0 radical (unpaired) electrons. The van der Waals surface area contributed by atoms with Crippen molar-refractivity contribution in [3.63, 3.8) is 0 Å². The Morgan fingerprint density at radius 2 is 1.81 bits per heavy atom. The summed E-state index contributed by atoms with van der Waals surface area (Å²) in [5.74, 6) is 0.979. The van der Waals surface area contributed by atoms with Crippen LogP contribution in [0.25, 0.3) is 16.1 Å². The lowest BCUT2D eigenvalue weighted by atomic mass is 9.85. The van der Waals surface area contributed by atoms with Gasteiger partial charge in [-0.05, 0) is 67.3 Å². The Bertz CT molecular complexity index is 2590. The molecule has 354 valence electrons. The molecule has 2 fully saturated rings. The predicted octanol–water partition coefficient (Wildman–Crippen LogP) is 5.77. The van der Waals surface area contributed by atoms with E-state index in [4.69, 9.17) is 9.72 Å². The van der Waals surface area contributed by atoms with Crippen LogP contribution in [0.15, 0.2) is 60.5 Å². The van der Waals surface area contributed by atoms with Gasteiger partial charge >= 0.3 is 0 Å². The van der Waals surface area contributed by atoms with Crippen LogP contribution in [0.3, 0.4) is 0 Å². The third-order valence-electron chi connectivity index (χ3n) is 12.9. The van der Waals surface area contributed by atoms with Crippen LogP contribution >= 0.6 is 11.3 Å². The van der Waals surface area contributed by atoms with Gasteiger partial charge in [0.25, 0.3) is 5.91 Å². The molecule has 3 aliphatic rings. The molecule has 67 heavy (non-hydrogen) atoms. The minimum atomic E-state index is -0.967. The third-order valence-corrected chi connectivity index (χ3v) is 13.8. The van der Waals surface area contributed by atoms with Crippen molar-refractivity contribution in [2.75, 3.05) is 30.4 Å². The molecule has 5 N–H and O–H groups in total. The SMILES string of the molecule is CC[C@@H]1c2nncn2-c2cnc(Nc3ccc(C(=O)NCCCC(=O)N[C@H](C(=O)N4C[C@H](O)C[C@H]4C(=O)NCc4ccc(-c5scnc5C)cc4)C(C)(C)C)cc3OC)nc2N1C1CCCC1. The number of fused-ring (bicyclic) bond motifs is 3. The Morgan fingerprint density at radius 1 is 1.03 bits per heavy atom. The van der Waals surface area contributed by atoms with E-state index >= 15 is 0 Å². The van der Waals surface area contributed by atoms with Crippen molar-refractivity contribution in [3.05, 3.63) is 83.1 Å². The van der Waals surface area contributed by atoms with Crippen LogP contribution in [0.2, 0.25) is 0 Å². The van der Waals surface area contributed by atoms with Crippen LogP contribution in [-0.4, -0.2) is 108 Å². The van der Waals surface area contributed by atoms with Crippen molar-refractivity contribution < 1.29 is 29.0 Å². The standard InChI is InChI=1S/C48H60N12O6S/c1-7-35-43-57-53-26-59(43)37-24-51-47(56-42(37)60(35)32-11-8-9-12-32)54-34-19-18-31(21-38(34)66-6)44(63)49-20-10-13-39(62)55-41(48(3,4)5)46(65)58-25-33(61)22-36(58)45(64)50-23-29-14-16-30(17-15-29)40-28(2)52-27-67-40/h14-19,21,24,26-27,32-33,35-36,41,61H,7-13,20,22-23,25H2,1-6H3,(H,49,63)(H,50,64)(H,55,62)(H,51,54,56)/t33-,35-,36+,41-/m1/s1. The van der Waals surface area contributed by atoms with E-state index in [-0.39, 0.29) is 56.2 Å². The van der Waals surface area contributed by atoms with E-state index in [0.717, 1.165) is 58.3 Å². The molecule has 3 aromatic heterocycles. The molecule has 8 rings (SSSR count). The van der Waals surface area contributed by atoms with Gasteiger partial charge in [-0.25, -0.2) is 9.97 Å². The van der Waals surface area contributed by atoms with E-state index in [2.05, 4.69) is 53.3 Å². The van der Waals surface area contributed by atoms with E-state index < -0.39 is 29.5 Å². The van der Waals surface area contributed by atoms with Crippen LogP contribution in [-0.2, 0) is 20.9 Å². The zero-order chi connectivity index (χ0) is 47.4. The first-order valence-electron chi connectivity index (χ1n) is 23.1. The molecule has 1 aliphatic carbocycles. The zero-order valence-corrected chi connectivity index (χ0v) is 39.7. The summed E-state index contributed by atoms with van der Waals surface area (Å²) in [7, 11) is 1.53.